The Kier molecular flexibility index (Phi) is 5.80. The van der Waals surface area contributed by atoms with Crippen molar-refractivity contribution in [2.75, 3.05) is 31.7 Å². The Labute approximate surface area is 191 Å². The smallest absolute Gasteiger partial charge is 0.296 e. The van der Waals surface area contributed by atoms with Gasteiger partial charge in [-0.3, -0.25) is 14.4 Å². The molecule has 2 amide bonds. The Morgan fingerprint density at radius 2 is 1.88 bits per heavy atom. The van der Waals surface area contributed by atoms with Gasteiger partial charge < -0.3 is 19.6 Å². The predicted molar refractivity (Wildman–Crippen MR) is 120 cm³/mol. The fourth-order valence-electron chi connectivity index (χ4n) is 4.73. The van der Waals surface area contributed by atoms with E-state index in [1.807, 2.05) is 0 Å². The van der Waals surface area contributed by atoms with Crippen molar-refractivity contribution in [3.8, 4) is 0 Å². The maximum absolute atomic E-state index is 14.3. The molecule has 2 aliphatic heterocycles. The Hall–Kier alpha value is -3.52. The summed E-state index contributed by atoms with van der Waals surface area (Å²) in [7, 11) is 1.52. The number of likely N-dealkylation sites (tertiary alicyclic amines) is 1. The molecule has 7 nitrogen and oxygen atoms in total. The lowest BCUT2D eigenvalue weighted by molar-refractivity contribution is -0.143. The molecule has 8 heteroatoms. The molecule has 4 rings (SSSR count). The largest absolute Gasteiger partial charge is 0.507 e. The van der Waals surface area contributed by atoms with Crippen molar-refractivity contribution in [1.29, 1.82) is 0 Å². The van der Waals surface area contributed by atoms with E-state index in [0.29, 0.717) is 36.4 Å². The van der Waals surface area contributed by atoms with Crippen LogP contribution in [0.2, 0.25) is 0 Å². The molecule has 1 fully saturated rings. The lowest BCUT2D eigenvalue weighted by Crippen LogP contribution is -2.52. The molecular weight excluding hydrogens is 427 g/mol. The number of amides is 2. The minimum atomic E-state index is -1.83. The Morgan fingerprint density at radius 1 is 1.15 bits per heavy atom. The summed E-state index contributed by atoms with van der Waals surface area (Å²) in [5, 5.41) is 11.3. The molecule has 0 aliphatic carbocycles. The van der Waals surface area contributed by atoms with Crippen LogP contribution in [0.5, 0.6) is 0 Å². The van der Waals surface area contributed by atoms with Crippen LogP contribution in [0, 0.1) is 12.7 Å². The van der Waals surface area contributed by atoms with E-state index < -0.39 is 34.7 Å². The number of likely N-dealkylation sites (N-methyl/N-ethyl adjacent to an activating group) is 1. The summed E-state index contributed by atoms with van der Waals surface area (Å²) < 4.78 is 19.4. The van der Waals surface area contributed by atoms with Crippen molar-refractivity contribution in [3.63, 3.8) is 0 Å². The van der Waals surface area contributed by atoms with Crippen molar-refractivity contribution in [2.24, 2.45) is 0 Å². The molecule has 2 aromatic rings. The molecule has 172 valence electrons. The van der Waals surface area contributed by atoms with Crippen LogP contribution < -0.4 is 4.90 Å². The van der Waals surface area contributed by atoms with Crippen LogP contribution in [-0.4, -0.2) is 54.4 Å². The van der Waals surface area contributed by atoms with Gasteiger partial charge in [0, 0.05) is 37.9 Å². The summed E-state index contributed by atoms with van der Waals surface area (Å²) in [5.41, 5.74) is -0.804. The SMILES string of the molecule is CCN1C(=O)[C@@]2(C(=C(O)c3ccc(C)c(F)c3)C(=O)C(=O)N2CCCOC)c2ccccc21. The van der Waals surface area contributed by atoms with Gasteiger partial charge in [-0.25, -0.2) is 4.39 Å². The molecule has 0 bridgehead atoms. The summed E-state index contributed by atoms with van der Waals surface area (Å²) in [6.45, 7) is 4.05. The normalized spacial score (nSPS) is 21.4. The van der Waals surface area contributed by atoms with Gasteiger partial charge in [-0.2, -0.15) is 0 Å². The number of ether oxygens (including phenoxy) is 1. The number of anilines is 1. The summed E-state index contributed by atoms with van der Waals surface area (Å²) in [5.74, 6) is -3.52. The van der Waals surface area contributed by atoms with Gasteiger partial charge in [0.15, 0.2) is 5.54 Å². The third-order valence-electron chi connectivity index (χ3n) is 6.30. The number of ketones is 1. The molecule has 2 aliphatic rings. The van der Waals surface area contributed by atoms with Gasteiger partial charge >= 0.3 is 0 Å². The number of halogens is 1. The van der Waals surface area contributed by atoms with E-state index in [4.69, 9.17) is 4.74 Å². The second-order valence-electron chi connectivity index (χ2n) is 8.10. The molecule has 0 aromatic heterocycles. The third-order valence-corrected chi connectivity index (χ3v) is 6.30. The standard InChI is InChI=1S/C25H25FN2O5/c1-4-27-19-9-6-5-8-17(19)25(24(27)32)20(21(29)16-11-10-15(2)18(26)14-16)22(30)23(31)28(25)12-7-13-33-3/h5-6,8-11,14,29H,4,7,12-13H2,1-3H3/t25-/m0/s1. The van der Waals surface area contributed by atoms with Crippen LogP contribution in [0.4, 0.5) is 10.1 Å². The van der Waals surface area contributed by atoms with E-state index in [1.165, 1.54) is 29.0 Å². The van der Waals surface area contributed by atoms with Crippen molar-refractivity contribution in [2.45, 2.75) is 25.8 Å². The highest BCUT2D eigenvalue weighted by atomic mass is 19.1. The zero-order valence-corrected chi connectivity index (χ0v) is 18.7. The predicted octanol–water partition coefficient (Wildman–Crippen LogP) is 3.11. The summed E-state index contributed by atoms with van der Waals surface area (Å²) in [6, 6.07) is 10.9. The van der Waals surface area contributed by atoms with Gasteiger partial charge in [0.1, 0.15) is 11.6 Å². The lowest BCUT2D eigenvalue weighted by Gasteiger charge is -2.34. The van der Waals surface area contributed by atoms with Crippen LogP contribution >= 0.6 is 0 Å². The number of nitrogens with zero attached hydrogens (tertiary/aromatic N) is 2. The average molecular weight is 452 g/mol. The number of hydrogen-bond acceptors (Lipinski definition) is 5. The number of carbonyl (C=O) groups excluding carboxylic acids is 3. The second-order valence-corrected chi connectivity index (χ2v) is 8.10. The quantitative estimate of drug-likeness (QED) is 0.315. The number of hydrogen-bond donors (Lipinski definition) is 1. The van der Waals surface area contributed by atoms with E-state index in [1.54, 1.807) is 38.1 Å². The number of aryl methyl sites for hydroxylation is 1. The van der Waals surface area contributed by atoms with Crippen molar-refractivity contribution in [3.05, 3.63) is 70.5 Å². The number of fused-ring (bicyclic) bond motifs is 2. The minimum Gasteiger partial charge on any atom is -0.507 e. The van der Waals surface area contributed by atoms with E-state index in [0.717, 1.165) is 6.07 Å². The maximum Gasteiger partial charge on any atom is 0.296 e. The number of rotatable bonds is 6. The topological polar surface area (TPSA) is 87.2 Å². The third kappa shape index (κ3) is 3.16. The number of carbonyl (C=O) groups is 3. The summed E-state index contributed by atoms with van der Waals surface area (Å²) in [4.78, 5) is 43.2. The molecule has 0 radical (unpaired) electrons. The first-order chi connectivity index (χ1) is 15.8. The van der Waals surface area contributed by atoms with Gasteiger partial charge in [0.05, 0.1) is 11.3 Å². The van der Waals surface area contributed by atoms with Gasteiger partial charge in [0.25, 0.3) is 17.6 Å². The minimum absolute atomic E-state index is 0.0209. The molecule has 2 aromatic carbocycles. The van der Waals surface area contributed by atoms with Gasteiger partial charge in [-0.1, -0.05) is 30.3 Å². The number of benzene rings is 2. The van der Waals surface area contributed by atoms with Gasteiger partial charge in [0.2, 0.25) is 0 Å². The molecule has 1 spiro atoms. The zero-order valence-electron chi connectivity index (χ0n) is 18.7. The fourth-order valence-corrected chi connectivity index (χ4v) is 4.73. The number of para-hydroxylation sites is 1. The number of Topliss-reactive ketones (excluding diaryl/α,β-unsaturated/α-hetero) is 1. The Bertz CT molecular complexity index is 1190. The molecule has 0 saturated carbocycles. The van der Waals surface area contributed by atoms with Crippen LogP contribution in [0.15, 0.2) is 48.0 Å². The highest BCUT2D eigenvalue weighted by Crippen LogP contribution is 2.53. The number of methoxy groups -OCH3 is 1. The van der Waals surface area contributed by atoms with E-state index in [9.17, 15) is 23.9 Å². The summed E-state index contributed by atoms with van der Waals surface area (Å²) >= 11 is 0. The van der Waals surface area contributed by atoms with Crippen LogP contribution in [0.3, 0.4) is 0 Å². The second kappa shape index (κ2) is 8.44. The lowest BCUT2D eigenvalue weighted by atomic mass is 9.81. The Morgan fingerprint density at radius 3 is 2.55 bits per heavy atom. The van der Waals surface area contributed by atoms with E-state index in [-0.39, 0.29) is 17.7 Å². The molecule has 1 N–H and O–H groups in total. The maximum atomic E-state index is 14.3. The highest BCUT2D eigenvalue weighted by molar-refractivity contribution is 6.50. The first-order valence-electron chi connectivity index (χ1n) is 10.8. The monoisotopic (exact) mass is 452 g/mol. The fraction of sp³-hybridized carbons (Fsp3) is 0.320. The van der Waals surface area contributed by atoms with Crippen LogP contribution in [0.25, 0.3) is 5.76 Å². The molecular formula is C25H25FN2O5. The number of aliphatic hydroxyl groups is 1. The van der Waals surface area contributed by atoms with Crippen molar-refractivity contribution < 1.29 is 28.6 Å². The molecule has 2 heterocycles. The average Bonchev–Trinajstić information content (AvgIpc) is 3.18. The first kappa shape index (κ1) is 22.7. The molecule has 1 saturated heterocycles. The highest BCUT2D eigenvalue weighted by Gasteiger charge is 2.66. The zero-order chi connectivity index (χ0) is 23.9. The first-order valence-corrected chi connectivity index (χ1v) is 10.8. The number of aliphatic hydroxyl groups excluding tert-OH is 1. The molecule has 1 atom stereocenters. The van der Waals surface area contributed by atoms with E-state index in [2.05, 4.69) is 0 Å². The van der Waals surface area contributed by atoms with Crippen LogP contribution in [0.1, 0.15) is 30.0 Å². The van der Waals surface area contributed by atoms with Gasteiger partial charge in [-0.05, 0) is 38.0 Å². The van der Waals surface area contributed by atoms with Crippen molar-refractivity contribution in [1.82, 2.24) is 4.90 Å². The molecule has 33 heavy (non-hydrogen) atoms. The van der Waals surface area contributed by atoms with E-state index >= 15 is 0 Å². The van der Waals surface area contributed by atoms with Crippen LogP contribution in [-0.2, 0) is 24.7 Å². The van der Waals surface area contributed by atoms with Gasteiger partial charge in [-0.15, -0.1) is 0 Å². The Balaban J connectivity index is 2.03. The summed E-state index contributed by atoms with van der Waals surface area (Å²) in [6.07, 6.45) is 0.381. The van der Waals surface area contributed by atoms with Crippen molar-refractivity contribution >= 4 is 29.0 Å². The molecule has 0 unspecified atom stereocenters.